The Balaban J connectivity index is 3.17. The number of carbonyl (C=O) groups excluding carboxylic acids is 1. The van der Waals surface area contributed by atoms with Crippen molar-refractivity contribution >= 4 is 6.29 Å². The van der Waals surface area contributed by atoms with Gasteiger partial charge in [-0.1, -0.05) is 6.07 Å². The van der Waals surface area contributed by atoms with Crippen LogP contribution in [0, 0.1) is 0 Å². The molecule has 0 aliphatic heterocycles. The summed E-state index contributed by atoms with van der Waals surface area (Å²) in [5.41, 5.74) is -0.192. The fourth-order valence-corrected chi connectivity index (χ4v) is 1.02. The lowest BCUT2D eigenvalue weighted by atomic mass is 9.97. The lowest BCUT2D eigenvalue weighted by Gasteiger charge is -2.17. The Bertz CT molecular complexity index is 323. The summed E-state index contributed by atoms with van der Waals surface area (Å²) < 4.78 is 0. The molecule has 0 amide bonds. The van der Waals surface area contributed by atoms with Gasteiger partial charge in [-0.25, -0.2) is 0 Å². The summed E-state index contributed by atoms with van der Waals surface area (Å²) >= 11 is 0. The zero-order valence-corrected chi connectivity index (χ0v) is 7.61. The van der Waals surface area contributed by atoms with Crippen molar-refractivity contribution in [1.29, 1.82) is 0 Å². The SMILES string of the molecule is CC(C)(O)c1ccc(C=O)c(O)c1. The molecule has 0 spiro atoms. The summed E-state index contributed by atoms with van der Waals surface area (Å²) in [5, 5.41) is 18.9. The Hall–Kier alpha value is -1.35. The smallest absolute Gasteiger partial charge is 0.153 e. The van der Waals surface area contributed by atoms with Crippen LogP contribution in [-0.2, 0) is 5.60 Å². The van der Waals surface area contributed by atoms with Crippen molar-refractivity contribution in [2.24, 2.45) is 0 Å². The normalized spacial score (nSPS) is 11.3. The van der Waals surface area contributed by atoms with Crippen LogP contribution in [0.3, 0.4) is 0 Å². The number of aldehydes is 1. The number of phenolic OH excluding ortho intramolecular Hbond substituents is 1. The van der Waals surface area contributed by atoms with Crippen molar-refractivity contribution < 1.29 is 15.0 Å². The maximum atomic E-state index is 10.4. The Morgan fingerprint density at radius 3 is 2.38 bits per heavy atom. The molecule has 70 valence electrons. The fourth-order valence-electron chi connectivity index (χ4n) is 1.02. The molecule has 0 bridgehead atoms. The topological polar surface area (TPSA) is 57.5 Å². The largest absolute Gasteiger partial charge is 0.507 e. The standard InChI is InChI=1S/C10H12O3/c1-10(2,13)8-4-3-7(6-11)9(12)5-8/h3-6,12-13H,1-2H3. The predicted molar refractivity (Wildman–Crippen MR) is 48.7 cm³/mol. The molecule has 3 heteroatoms. The lowest BCUT2D eigenvalue weighted by Crippen LogP contribution is -2.15. The molecule has 0 radical (unpaired) electrons. The molecule has 3 nitrogen and oxygen atoms in total. The van der Waals surface area contributed by atoms with Gasteiger partial charge in [0.25, 0.3) is 0 Å². The van der Waals surface area contributed by atoms with E-state index >= 15 is 0 Å². The van der Waals surface area contributed by atoms with Gasteiger partial charge in [0.05, 0.1) is 11.2 Å². The second kappa shape index (κ2) is 3.18. The van der Waals surface area contributed by atoms with Crippen LogP contribution in [0.15, 0.2) is 18.2 Å². The Morgan fingerprint density at radius 2 is 2.00 bits per heavy atom. The third-order valence-corrected chi connectivity index (χ3v) is 1.86. The monoisotopic (exact) mass is 180 g/mol. The summed E-state index contributed by atoms with van der Waals surface area (Å²) in [6, 6.07) is 4.49. The lowest BCUT2D eigenvalue weighted by molar-refractivity contribution is 0.0782. The molecule has 0 heterocycles. The summed E-state index contributed by atoms with van der Waals surface area (Å²) in [6.45, 7) is 3.23. The first-order chi connectivity index (χ1) is 5.95. The molecule has 0 atom stereocenters. The van der Waals surface area contributed by atoms with Crippen LogP contribution in [0.4, 0.5) is 0 Å². The summed E-state index contributed by atoms with van der Waals surface area (Å²) in [4.78, 5) is 10.4. The highest BCUT2D eigenvalue weighted by atomic mass is 16.3. The van der Waals surface area contributed by atoms with E-state index in [1.54, 1.807) is 19.9 Å². The van der Waals surface area contributed by atoms with Crippen molar-refractivity contribution in [2.45, 2.75) is 19.4 Å². The Morgan fingerprint density at radius 1 is 1.38 bits per heavy atom. The Labute approximate surface area is 76.6 Å². The van der Waals surface area contributed by atoms with Gasteiger partial charge < -0.3 is 10.2 Å². The van der Waals surface area contributed by atoms with E-state index in [0.717, 1.165) is 0 Å². The number of hydrogen-bond acceptors (Lipinski definition) is 3. The summed E-state index contributed by atoms with van der Waals surface area (Å²) in [7, 11) is 0. The van der Waals surface area contributed by atoms with Crippen molar-refractivity contribution in [2.75, 3.05) is 0 Å². The van der Waals surface area contributed by atoms with Crippen LogP contribution in [0.1, 0.15) is 29.8 Å². The molecule has 0 aliphatic rings. The molecule has 1 rings (SSSR count). The van der Waals surface area contributed by atoms with E-state index < -0.39 is 5.60 Å². The predicted octanol–water partition coefficient (Wildman–Crippen LogP) is 1.43. The van der Waals surface area contributed by atoms with E-state index in [9.17, 15) is 15.0 Å². The second-order valence-electron chi connectivity index (χ2n) is 3.45. The highest BCUT2D eigenvalue weighted by Crippen LogP contribution is 2.25. The van der Waals surface area contributed by atoms with Crippen molar-refractivity contribution in [3.8, 4) is 5.75 Å². The summed E-state index contributed by atoms with van der Waals surface area (Å²) in [5.74, 6) is -0.102. The fraction of sp³-hybridized carbons (Fsp3) is 0.300. The maximum absolute atomic E-state index is 10.4. The highest BCUT2D eigenvalue weighted by molar-refractivity contribution is 5.79. The minimum absolute atomic E-state index is 0.102. The van der Waals surface area contributed by atoms with Crippen LogP contribution < -0.4 is 0 Å². The molecular weight excluding hydrogens is 168 g/mol. The van der Waals surface area contributed by atoms with Crippen LogP contribution in [0.2, 0.25) is 0 Å². The van der Waals surface area contributed by atoms with E-state index in [1.807, 2.05) is 0 Å². The van der Waals surface area contributed by atoms with Crippen LogP contribution in [0.5, 0.6) is 5.75 Å². The first kappa shape index (κ1) is 9.74. The van der Waals surface area contributed by atoms with Gasteiger partial charge in [-0.2, -0.15) is 0 Å². The van der Waals surface area contributed by atoms with Crippen LogP contribution in [-0.4, -0.2) is 16.5 Å². The highest BCUT2D eigenvalue weighted by Gasteiger charge is 2.16. The van der Waals surface area contributed by atoms with Crippen molar-refractivity contribution in [3.05, 3.63) is 29.3 Å². The molecule has 0 saturated carbocycles. The molecule has 1 aromatic carbocycles. The third kappa shape index (κ3) is 2.06. The van der Waals surface area contributed by atoms with E-state index in [1.165, 1.54) is 12.1 Å². The van der Waals surface area contributed by atoms with Gasteiger partial charge in [-0.3, -0.25) is 4.79 Å². The molecule has 0 aromatic heterocycles. The molecule has 0 saturated heterocycles. The van der Waals surface area contributed by atoms with Gasteiger partial charge in [-0.05, 0) is 31.5 Å². The Kier molecular flexibility index (Phi) is 2.38. The third-order valence-electron chi connectivity index (χ3n) is 1.86. The number of aromatic hydroxyl groups is 1. The average Bonchev–Trinajstić information content (AvgIpc) is 2.02. The molecule has 0 unspecified atom stereocenters. The van der Waals surface area contributed by atoms with Gasteiger partial charge in [-0.15, -0.1) is 0 Å². The molecule has 0 fully saturated rings. The second-order valence-corrected chi connectivity index (χ2v) is 3.45. The average molecular weight is 180 g/mol. The van der Waals surface area contributed by atoms with E-state index in [-0.39, 0.29) is 11.3 Å². The molecule has 0 aliphatic carbocycles. The van der Waals surface area contributed by atoms with Crippen molar-refractivity contribution in [1.82, 2.24) is 0 Å². The van der Waals surface area contributed by atoms with E-state index in [2.05, 4.69) is 0 Å². The number of phenols is 1. The quantitative estimate of drug-likeness (QED) is 0.677. The zero-order chi connectivity index (χ0) is 10.1. The van der Waals surface area contributed by atoms with Gasteiger partial charge >= 0.3 is 0 Å². The minimum Gasteiger partial charge on any atom is -0.507 e. The molecule has 13 heavy (non-hydrogen) atoms. The van der Waals surface area contributed by atoms with Crippen molar-refractivity contribution in [3.63, 3.8) is 0 Å². The van der Waals surface area contributed by atoms with Crippen LogP contribution >= 0.6 is 0 Å². The number of aliphatic hydroxyl groups is 1. The first-order valence-corrected chi connectivity index (χ1v) is 3.96. The minimum atomic E-state index is -1.00. The van der Waals surface area contributed by atoms with E-state index in [0.29, 0.717) is 11.8 Å². The molecule has 2 N–H and O–H groups in total. The van der Waals surface area contributed by atoms with E-state index in [4.69, 9.17) is 0 Å². The maximum Gasteiger partial charge on any atom is 0.153 e. The summed E-state index contributed by atoms with van der Waals surface area (Å²) in [6.07, 6.45) is 0.573. The van der Waals surface area contributed by atoms with Gasteiger partial charge in [0.1, 0.15) is 5.75 Å². The van der Waals surface area contributed by atoms with Crippen LogP contribution in [0.25, 0.3) is 0 Å². The number of benzene rings is 1. The number of hydrogen-bond donors (Lipinski definition) is 2. The number of rotatable bonds is 2. The molecule has 1 aromatic rings. The number of carbonyl (C=O) groups is 1. The van der Waals surface area contributed by atoms with Gasteiger partial charge in [0.15, 0.2) is 6.29 Å². The first-order valence-electron chi connectivity index (χ1n) is 3.96. The zero-order valence-electron chi connectivity index (χ0n) is 7.61. The van der Waals surface area contributed by atoms with Gasteiger partial charge in [0.2, 0.25) is 0 Å². The molecular formula is C10H12O3. The van der Waals surface area contributed by atoms with Gasteiger partial charge in [0, 0.05) is 0 Å².